The molecule has 0 aliphatic heterocycles. The van der Waals surface area contributed by atoms with Gasteiger partial charge in [-0.3, -0.25) is 4.79 Å². The second-order valence-electron chi connectivity index (χ2n) is 5.72. The fourth-order valence-corrected chi connectivity index (χ4v) is 2.66. The van der Waals surface area contributed by atoms with Crippen molar-refractivity contribution in [2.45, 2.75) is 20.3 Å². The van der Waals surface area contributed by atoms with Gasteiger partial charge in [-0.25, -0.2) is 5.43 Å². The number of hydrogen-bond donors (Lipinski definition) is 1. The van der Waals surface area contributed by atoms with Crippen LogP contribution in [-0.2, 0) is 6.42 Å². The molecule has 24 heavy (non-hydrogen) atoms. The number of aryl methyl sites for hydroxylation is 1. The van der Waals surface area contributed by atoms with Gasteiger partial charge in [0.15, 0.2) is 0 Å². The molecule has 3 heteroatoms. The van der Waals surface area contributed by atoms with Gasteiger partial charge in [0.05, 0.1) is 5.71 Å². The van der Waals surface area contributed by atoms with E-state index in [4.69, 9.17) is 0 Å². The third-order valence-electron chi connectivity index (χ3n) is 4.14. The summed E-state index contributed by atoms with van der Waals surface area (Å²) >= 11 is 0. The van der Waals surface area contributed by atoms with E-state index < -0.39 is 0 Å². The van der Waals surface area contributed by atoms with Crippen molar-refractivity contribution in [2.24, 2.45) is 5.10 Å². The number of rotatable bonds is 4. The van der Waals surface area contributed by atoms with Gasteiger partial charge < -0.3 is 0 Å². The number of hydrazone groups is 1. The molecule has 0 aliphatic rings. The number of nitrogens with zero attached hydrogens (tertiary/aromatic N) is 1. The first-order chi connectivity index (χ1) is 11.7. The molecular formula is C21H20N2O. The second-order valence-corrected chi connectivity index (χ2v) is 5.72. The molecule has 0 radical (unpaired) electrons. The van der Waals surface area contributed by atoms with Crippen molar-refractivity contribution in [1.82, 2.24) is 5.43 Å². The summed E-state index contributed by atoms with van der Waals surface area (Å²) in [6.45, 7) is 4.02. The minimum atomic E-state index is -0.198. The summed E-state index contributed by atoms with van der Waals surface area (Å²) in [6.07, 6.45) is 1.01. The number of carbonyl (C=O) groups excluding carboxylic acids is 1. The van der Waals surface area contributed by atoms with Crippen LogP contribution in [0.1, 0.15) is 35.3 Å². The molecule has 0 saturated carbocycles. The minimum Gasteiger partial charge on any atom is -0.267 e. The average Bonchev–Trinajstić information content (AvgIpc) is 2.65. The van der Waals surface area contributed by atoms with Gasteiger partial charge in [0, 0.05) is 5.56 Å². The molecule has 0 fully saturated rings. The lowest BCUT2D eigenvalue weighted by atomic mass is 10.0. The molecule has 0 saturated heterocycles. The Balaban J connectivity index is 1.80. The monoisotopic (exact) mass is 316 g/mol. The van der Waals surface area contributed by atoms with Crippen molar-refractivity contribution in [3.63, 3.8) is 0 Å². The summed E-state index contributed by atoms with van der Waals surface area (Å²) in [4.78, 5) is 12.5. The molecule has 120 valence electrons. The molecule has 0 heterocycles. The molecule has 0 spiro atoms. The van der Waals surface area contributed by atoms with E-state index in [2.05, 4.69) is 29.6 Å². The van der Waals surface area contributed by atoms with Gasteiger partial charge in [-0.1, -0.05) is 67.6 Å². The fourth-order valence-electron chi connectivity index (χ4n) is 2.66. The number of amides is 1. The minimum absolute atomic E-state index is 0.198. The number of carbonyl (C=O) groups is 1. The highest BCUT2D eigenvalue weighted by Gasteiger charge is 2.09. The lowest BCUT2D eigenvalue weighted by molar-refractivity contribution is 0.0956. The van der Waals surface area contributed by atoms with E-state index in [1.54, 1.807) is 0 Å². The van der Waals surface area contributed by atoms with E-state index in [0.29, 0.717) is 5.56 Å². The van der Waals surface area contributed by atoms with Crippen LogP contribution in [0, 0.1) is 0 Å². The summed E-state index contributed by atoms with van der Waals surface area (Å²) in [7, 11) is 0. The third kappa shape index (κ3) is 3.35. The maximum Gasteiger partial charge on any atom is 0.272 e. The second kappa shape index (κ2) is 7.09. The molecule has 0 atom stereocenters. The Morgan fingerprint density at radius 1 is 0.958 bits per heavy atom. The first-order valence-electron chi connectivity index (χ1n) is 8.10. The van der Waals surface area contributed by atoms with Crippen molar-refractivity contribution in [3.8, 4) is 0 Å². The number of fused-ring (bicyclic) bond motifs is 1. The van der Waals surface area contributed by atoms with Crippen LogP contribution in [0.15, 0.2) is 71.8 Å². The fraction of sp³-hybridized carbons (Fsp3) is 0.143. The normalized spacial score (nSPS) is 11.5. The van der Waals surface area contributed by atoms with Crippen LogP contribution >= 0.6 is 0 Å². The highest BCUT2D eigenvalue weighted by atomic mass is 16.2. The highest BCUT2D eigenvalue weighted by molar-refractivity contribution is 6.07. The Hall–Kier alpha value is -2.94. The average molecular weight is 316 g/mol. The van der Waals surface area contributed by atoms with E-state index in [1.165, 1.54) is 5.56 Å². The zero-order chi connectivity index (χ0) is 16.9. The van der Waals surface area contributed by atoms with Gasteiger partial charge >= 0.3 is 0 Å². The first kappa shape index (κ1) is 15.9. The van der Waals surface area contributed by atoms with Crippen LogP contribution in [0.4, 0.5) is 0 Å². The Morgan fingerprint density at radius 2 is 1.67 bits per heavy atom. The maximum atomic E-state index is 12.5. The van der Waals surface area contributed by atoms with Crippen molar-refractivity contribution in [3.05, 3.63) is 83.4 Å². The van der Waals surface area contributed by atoms with Crippen molar-refractivity contribution in [1.29, 1.82) is 0 Å². The highest BCUT2D eigenvalue weighted by Crippen LogP contribution is 2.18. The van der Waals surface area contributed by atoms with Crippen LogP contribution in [0.5, 0.6) is 0 Å². The zero-order valence-electron chi connectivity index (χ0n) is 13.9. The van der Waals surface area contributed by atoms with Crippen molar-refractivity contribution in [2.75, 3.05) is 0 Å². The molecule has 0 unspecified atom stereocenters. The third-order valence-corrected chi connectivity index (χ3v) is 4.14. The quantitative estimate of drug-likeness (QED) is 0.556. The maximum absolute atomic E-state index is 12.5. The Kier molecular flexibility index (Phi) is 4.71. The summed E-state index contributed by atoms with van der Waals surface area (Å²) in [5.41, 5.74) is 6.37. The van der Waals surface area contributed by atoms with E-state index in [1.807, 2.05) is 61.5 Å². The molecule has 0 bridgehead atoms. The number of hydrogen-bond acceptors (Lipinski definition) is 2. The standard InChI is InChI=1S/C21H20N2O/c1-3-16-11-13-17(14-12-16)15(2)22-23-21(24)20-10-6-8-18-7-4-5-9-19(18)20/h4-14H,3H2,1-2H3,(H,23,24). The molecule has 1 N–H and O–H groups in total. The Labute approximate surface area is 142 Å². The van der Waals surface area contributed by atoms with Crippen LogP contribution in [0.2, 0.25) is 0 Å². The molecule has 0 aliphatic carbocycles. The summed E-state index contributed by atoms with van der Waals surface area (Å²) in [5, 5.41) is 6.22. The van der Waals surface area contributed by atoms with Crippen LogP contribution in [0.25, 0.3) is 10.8 Å². The lowest BCUT2D eigenvalue weighted by Gasteiger charge is -2.06. The van der Waals surface area contributed by atoms with E-state index in [-0.39, 0.29) is 5.91 Å². The van der Waals surface area contributed by atoms with E-state index in [9.17, 15) is 4.79 Å². The zero-order valence-corrected chi connectivity index (χ0v) is 13.9. The van der Waals surface area contributed by atoms with Crippen LogP contribution in [0.3, 0.4) is 0 Å². The van der Waals surface area contributed by atoms with E-state index >= 15 is 0 Å². The topological polar surface area (TPSA) is 41.5 Å². The van der Waals surface area contributed by atoms with Crippen LogP contribution in [-0.4, -0.2) is 11.6 Å². The summed E-state index contributed by atoms with van der Waals surface area (Å²) < 4.78 is 0. The predicted molar refractivity (Wildman–Crippen MR) is 99.4 cm³/mol. The molecule has 1 amide bonds. The predicted octanol–water partition coefficient (Wildman–Crippen LogP) is 4.56. The summed E-state index contributed by atoms with van der Waals surface area (Å²) in [5.74, 6) is -0.198. The van der Waals surface area contributed by atoms with Gasteiger partial charge in [-0.05, 0) is 41.3 Å². The SMILES string of the molecule is CCc1ccc(C(C)=NNC(=O)c2cccc3ccccc23)cc1. The molecule has 3 nitrogen and oxygen atoms in total. The van der Waals surface area contributed by atoms with Gasteiger partial charge in [0.25, 0.3) is 5.91 Å². The van der Waals surface area contributed by atoms with Gasteiger partial charge in [-0.2, -0.15) is 5.10 Å². The van der Waals surface area contributed by atoms with Crippen molar-refractivity contribution < 1.29 is 4.79 Å². The summed E-state index contributed by atoms with van der Waals surface area (Å²) in [6, 6.07) is 21.8. The van der Waals surface area contributed by atoms with Gasteiger partial charge in [-0.15, -0.1) is 0 Å². The Bertz CT molecular complexity index is 890. The molecule has 3 aromatic carbocycles. The molecule has 0 aromatic heterocycles. The largest absolute Gasteiger partial charge is 0.272 e. The first-order valence-corrected chi connectivity index (χ1v) is 8.10. The number of nitrogens with one attached hydrogen (secondary N) is 1. The lowest BCUT2D eigenvalue weighted by Crippen LogP contribution is -2.19. The van der Waals surface area contributed by atoms with E-state index in [0.717, 1.165) is 28.5 Å². The van der Waals surface area contributed by atoms with Gasteiger partial charge in [0.1, 0.15) is 0 Å². The number of benzene rings is 3. The molecule has 3 aromatic rings. The van der Waals surface area contributed by atoms with Gasteiger partial charge in [0.2, 0.25) is 0 Å². The smallest absolute Gasteiger partial charge is 0.267 e. The molecule has 3 rings (SSSR count). The Morgan fingerprint density at radius 3 is 2.42 bits per heavy atom. The molecular weight excluding hydrogens is 296 g/mol. The van der Waals surface area contributed by atoms with Crippen molar-refractivity contribution >= 4 is 22.4 Å². The van der Waals surface area contributed by atoms with Crippen LogP contribution < -0.4 is 5.43 Å².